The topological polar surface area (TPSA) is 9.72 Å². The van der Waals surface area contributed by atoms with Crippen molar-refractivity contribution in [2.75, 3.05) is 13.3 Å². The number of nitrogens with zero attached hydrogens (tertiary/aromatic N) is 3. The first-order chi connectivity index (χ1) is 15.6. The molecular weight excluding hydrogens is 663 g/mol. The van der Waals surface area contributed by atoms with Crippen LogP contribution in [-0.2, 0) is 0 Å². The first kappa shape index (κ1) is 25.9. The Kier molecular flexibility index (Phi) is 8.17. The van der Waals surface area contributed by atoms with Gasteiger partial charge in [-0.25, -0.2) is 0 Å². The minimum atomic E-state index is -1.29. The normalized spacial score (nSPS) is 21.0. The van der Waals surface area contributed by atoms with E-state index in [-0.39, 0.29) is 0 Å². The Morgan fingerprint density at radius 1 is 0.424 bits per heavy atom. The molecule has 1 fully saturated rings. The van der Waals surface area contributed by atoms with E-state index in [4.69, 9.17) is 0 Å². The summed E-state index contributed by atoms with van der Waals surface area (Å²) in [5, 5.41) is 0. The van der Waals surface area contributed by atoms with Crippen LogP contribution in [0.15, 0.2) is 54.6 Å². The maximum atomic E-state index is 4.27. The molecule has 1 saturated heterocycles. The number of rotatable bonds is 3. The molecule has 0 aromatic heterocycles. The van der Waals surface area contributed by atoms with E-state index in [2.05, 4.69) is 156 Å². The largest absolute Gasteiger partial charge is 0.334 e. The molecule has 1 aliphatic heterocycles. The lowest BCUT2D eigenvalue weighted by molar-refractivity contribution is 1.30. The maximum absolute atomic E-state index is 4.27. The van der Waals surface area contributed by atoms with E-state index in [1.807, 2.05) is 0 Å². The van der Waals surface area contributed by atoms with Gasteiger partial charge in [0.2, 0.25) is 46.5 Å². The average molecular weight is 693 g/mol. The molecule has 0 amide bonds. The van der Waals surface area contributed by atoms with E-state index in [0.29, 0.717) is 0 Å². The Hall–Kier alpha value is -0.210. The van der Waals surface area contributed by atoms with E-state index in [9.17, 15) is 0 Å². The monoisotopic (exact) mass is 690 g/mol. The lowest BCUT2D eigenvalue weighted by Gasteiger charge is -2.38. The van der Waals surface area contributed by atoms with Crippen LogP contribution in [0.5, 0.6) is 0 Å². The zero-order valence-electron chi connectivity index (χ0n) is 19.7. The van der Waals surface area contributed by atoms with Crippen LogP contribution in [0.25, 0.3) is 0 Å². The van der Waals surface area contributed by atoms with Gasteiger partial charge in [0.1, 0.15) is 17.1 Å². The van der Waals surface area contributed by atoms with Crippen molar-refractivity contribution in [3.8, 4) is 0 Å². The fourth-order valence-electron chi connectivity index (χ4n) is 4.56. The molecule has 33 heavy (non-hydrogen) atoms. The second-order valence-electron chi connectivity index (χ2n) is 8.53. The van der Waals surface area contributed by atoms with Crippen molar-refractivity contribution >= 4 is 84.3 Å². The van der Waals surface area contributed by atoms with E-state index in [0.717, 1.165) is 0 Å². The Labute approximate surface area is 225 Å². The van der Waals surface area contributed by atoms with Gasteiger partial charge in [-0.1, -0.05) is 67.9 Å². The standard InChI is InChI=1S/C24H27Br3N3P3/c1-16-10-7-11-17(2)22(16)28-31(25)29(23-18(3)12-8-13-19(23)4)33(27)30(32(28)26)24-20(5)14-9-15-21(24)6/h7-15H,1-6H3/p+3. The summed E-state index contributed by atoms with van der Waals surface area (Å²) in [6.45, 7) is 9.51. The Balaban J connectivity index is 1.99. The van der Waals surface area contributed by atoms with Crippen LogP contribution < -0.4 is 13.3 Å². The molecule has 3 nitrogen and oxygen atoms in total. The van der Waals surface area contributed by atoms with Gasteiger partial charge < -0.3 is 0 Å². The Morgan fingerprint density at radius 3 is 0.788 bits per heavy atom. The van der Waals surface area contributed by atoms with Gasteiger partial charge in [0.15, 0.2) is 0 Å². The first-order valence-corrected chi connectivity index (χ1v) is 21.8. The quantitative estimate of drug-likeness (QED) is 0.253. The molecule has 3 aromatic rings. The average Bonchev–Trinajstić information content (AvgIpc) is 2.74. The van der Waals surface area contributed by atoms with Gasteiger partial charge in [0, 0.05) is 0 Å². The fourth-order valence-corrected chi connectivity index (χ4v) is 31.6. The van der Waals surface area contributed by atoms with Crippen molar-refractivity contribution in [2.45, 2.75) is 41.5 Å². The van der Waals surface area contributed by atoms with E-state index >= 15 is 0 Å². The highest BCUT2D eigenvalue weighted by Crippen LogP contribution is 2.85. The number of benzene rings is 3. The zero-order valence-corrected chi connectivity index (χ0v) is 27.4. The number of hydrogen-bond donors (Lipinski definition) is 0. The zero-order chi connectivity index (χ0) is 24.0. The molecule has 174 valence electrons. The molecule has 0 unspecified atom stereocenters. The summed E-state index contributed by atoms with van der Waals surface area (Å²) in [6, 6.07) is 19.9. The number of halogens is 3. The predicted molar refractivity (Wildman–Crippen MR) is 167 cm³/mol. The van der Waals surface area contributed by atoms with Crippen LogP contribution in [0.4, 0.5) is 17.1 Å². The molecule has 0 bridgehead atoms. The maximum Gasteiger partial charge on any atom is 0.334 e. The minimum absolute atomic E-state index is 1.29. The van der Waals surface area contributed by atoms with Crippen molar-refractivity contribution in [1.82, 2.24) is 0 Å². The summed E-state index contributed by atoms with van der Waals surface area (Å²) in [6.07, 6.45) is 0. The number of anilines is 3. The van der Waals surface area contributed by atoms with Crippen molar-refractivity contribution in [2.24, 2.45) is 0 Å². The summed E-state index contributed by atoms with van der Waals surface area (Å²) in [5.41, 5.74) is 11.9. The molecular formula is C24H30Br3N3P3+3. The molecule has 3 aromatic carbocycles. The van der Waals surface area contributed by atoms with E-state index < -0.39 is 20.8 Å². The van der Waals surface area contributed by atoms with Gasteiger partial charge >= 0.3 is 20.8 Å². The van der Waals surface area contributed by atoms with Crippen LogP contribution in [0.3, 0.4) is 0 Å². The Morgan fingerprint density at radius 2 is 0.606 bits per heavy atom. The van der Waals surface area contributed by atoms with E-state index in [1.54, 1.807) is 0 Å². The van der Waals surface area contributed by atoms with Gasteiger partial charge in [0.05, 0.1) is 0 Å². The molecule has 0 atom stereocenters. The smallest absolute Gasteiger partial charge is 0.0659 e. The summed E-state index contributed by atoms with van der Waals surface area (Å²) in [4.78, 5) is 0. The third-order valence-corrected chi connectivity index (χ3v) is 25.7. The highest BCUT2D eigenvalue weighted by Gasteiger charge is 2.63. The molecule has 0 aliphatic carbocycles. The number of para-hydroxylation sites is 3. The number of aryl methyl sites for hydroxylation is 6. The van der Waals surface area contributed by atoms with Crippen LogP contribution >= 0.6 is 67.2 Å². The Bertz CT molecular complexity index is 974. The van der Waals surface area contributed by atoms with Crippen LogP contribution in [0.2, 0.25) is 0 Å². The second kappa shape index (κ2) is 10.4. The SMILES string of the molecule is Cc1cccc(C)c1N1[PH+](Br)N(c2c(C)cccc2C)[PH+](Br)N(c2c(C)cccc2C)[PH+]1Br. The van der Waals surface area contributed by atoms with E-state index in [1.165, 1.54) is 50.4 Å². The molecule has 9 heteroatoms. The van der Waals surface area contributed by atoms with Gasteiger partial charge in [-0.05, 0) is 74.9 Å². The third-order valence-electron chi connectivity index (χ3n) is 6.10. The summed E-state index contributed by atoms with van der Waals surface area (Å²) in [5.74, 6) is 0. The first-order valence-electron chi connectivity index (χ1n) is 10.8. The van der Waals surface area contributed by atoms with Crippen molar-refractivity contribution in [3.05, 3.63) is 88.0 Å². The minimum Gasteiger partial charge on any atom is -0.0659 e. The molecule has 1 heterocycles. The summed E-state index contributed by atoms with van der Waals surface area (Å²) in [7, 11) is 0. The molecule has 1 aliphatic rings. The highest BCUT2D eigenvalue weighted by molar-refractivity contribution is 9.46. The molecule has 0 saturated carbocycles. The molecule has 0 N–H and O–H groups in total. The van der Waals surface area contributed by atoms with Crippen LogP contribution in [0, 0.1) is 41.5 Å². The van der Waals surface area contributed by atoms with Gasteiger partial charge in [-0.15, -0.1) is 0 Å². The highest BCUT2D eigenvalue weighted by atomic mass is 79.9. The van der Waals surface area contributed by atoms with Crippen molar-refractivity contribution < 1.29 is 0 Å². The lowest BCUT2D eigenvalue weighted by Crippen LogP contribution is -2.33. The van der Waals surface area contributed by atoms with Gasteiger partial charge in [-0.3, -0.25) is 0 Å². The molecule has 4 rings (SSSR count). The van der Waals surface area contributed by atoms with Gasteiger partial charge in [-0.2, -0.15) is 0 Å². The fraction of sp³-hybridized carbons (Fsp3) is 0.250. The van der Waals surface area contributed by atoms with Crippen LogP contribution in [0.1, 0.15) is 33.4 Å². The third kappa shape index (κ3) is 4.66. The van der Waals surface area contributed by atoms with Gasteiger partial charge in [0.25, 0.3) is 0 Å². The van der Waals surface area contributed by atoms with Crippen molar-refractivity contribution in [3.63, 3.8) is 0 Å². The van der Waals surface area contributed by atoms with Crippen molar-refractivity contribution in [1.29, 1.82) is 0 Å². The summed E-state index contributed by atoms with van der Waals surface area (Å²) >= 11 is 12.8. The molecule has 0 radical (unpaired) electrons. The summed E-state index contributed by atoms with van der Waals surface area (Å²) < 4.78 is 7.98. The number of hydrogen-bond acceptors (Lipinski definition) is 3. The van der Waals surface area contributed by atoms with Crippen LogP contribution in [-0.4, -0.2) is 0 Å². The second-order valence-corrected chi connectivity index (χ2v) is 20.6. The molecule has 0 spiro atoms. The predicted octanol–water partition coefficient (Wildman–Crippen LogP) is 10.4. The lowest BCUT2D eigenvalue weighted by atomic mass is 10.1.